The van der Waals surface area contributed by atoms with Crippen molar-refractivity contribution >= 4 is 22.0 Å². The first-order valence-electron chi connectivity index (χ1n) is 10.1. The summed E-state index contributed by atoms with van der Waals surface area (Å²) in [6.45, 7) is 8.22. The lowest BCUT2D eigenvalue weighted by Gasteiger charge is -2.20. The van der Waals surface area contributed by atoms with Crippen molar-refractivity contribution in [3.63, 3.8) is 0 Å². The van der Waals surface area contributed by atoms with Gasteiger partial charge in [-0.3, -0.25) is 4.98 Å². The number of aromatic nitrogens is 2. The number of thiazole rings is 1. The van der Waals surface area contributed by atoms with Crippen molar-refractivity contribution in [2.75, 3.05) is 13.1 Å². The maximum absolute atomic E-state index is 4.97. The van der Waals surface area contributed by atoms with Gasteiger partial charge in [-0.15, -0.1) is 0 Å². The molecule has 4 heterocycles. The Morgan fingerprint density at radius 3 is 2.82 bits per heavy atom. The molecule has 0 aromatic carbocycles. The molecule has 1 fully saturated rings. The normalized spacial score (nSPS) is 18.8. The molecule has 1 saturated heterocycles. The highest BCUT2D eigenvalue weighted by molar-refractivity contribution is 7.15. The summed E-state index contributed by atoms with van der Waals surface area (Å²) >= 11 is 1.78. The summed E-state index contributed by atoms with van der Waals surface area (Å²) in [6, 6.07) is 6.04. The molecule has 0 aliphatic carbocycles. The van der Waals surface area contributed by atoms with Gasteiger partial charge in [0, 0.05) is 13.0 Å². The summed E-state index contributed by atoms with van der Waals surface area (Å²) in [7, 11) is 0. The highest BCUT2D eigenvalue weighted by Gasteiger charge is 2.24. The largest absolute Gasteiger partial charge is 0.317 e. The van der Waals surface area contributed by atoms with Gasteiger partial charge in [-0.1, -0.05) is 23.5 Å². The van der Waals surface area contributed by atoms with E-state index in [4.69, 9.17) is 15.0 Å². The van der Waals surface area contributed by atoms with Gasteiger partial charge in [0.1, 0.15) is 5.00 Å². The lowest BCUT2D eigenvalue weighted by Crippen LogP contribution is -2.26. The quantitative estimate of drug-likeness (QED) is 0.838. The molecular weight excluding hydrogens is 366 g/mol. The van der Waals surface area contributed by atoms with Gasteiger partial charge in [0.2, 0.25) is 0 Å². The van der Waals surface area contributed by atoms with Gasteiger partial charge in [0.15, 0.2) is 0 Å². The molecule has 0 saturated carbocycles. The highest BCUT2D eigenvalue weighted by atomic mass is 32.1. The van der Waals surface area contributed by atoms with E-state index in [1.807, 2.05) is 39.0 Å². The van der Waals surface area contributed by atoms with Crippen LogP contribution in [0, 0.1) is 13.8 Å². The summed E-state index contributed by atoms with van der Waals surface area (Å²) in [5.74, 6) is 0.586. The Hall–Kier alpha value is -2.18. The first kappa shape index (κ1) is 19.2. The van der Waals surface area contributed by atoms with E-state index in [0.717, 1.165) is 64.8 Å². The monoisotopic (exact) mass is 395 g/mol. The molecule has 2 aromatic heterocycles. The number of hydrogen-bond acceptors (Lipinski definition) is 6. The third kappa shape index (κ3) is 4.13. The van der Waals surface area contributed by atoms with Crippen LogP contribution in [0.15, 0.2) is 40.0 Å². The number of aryl methyl sites for hydroxylation is 3. The van der Waals surface area contributed by atoms with E-state index in [0.29, 0.717) is 5.92 Å². The molecule has 28 heavy (non-hydrogen) atoms. The average Bonchev–Trinajstić information content (AvgIpc) is 3.07. The van der Waals surface area contributed by atoms with Crippen molar-refractivity contribution in [1.29, 1.82) is 0 Å². The van der Waals surface area contributed by atoms with Gasteiger partial charge in [-0.2, -0.15) is 0 Å². The Morgan fingerprint density at radius 1 is 1.21 bits per heavy atom. The van der Waals surface area contributed by atoms with Crippen molar-refractivity contribution in [2.24, 2.45) is 9.98 Å². The number of aliphatic imine (C=N–C) groups is 1. The fourth-order valence-corrected chi connectivity index (χ4v) is 4.94. The van der Waals surface area contributed by atoms with Crippen LogP contribution in [0.3, 0.4) is 0 Å². The second-order valence-electron chi connectivity index (χ2n) is 7.42. The maximum Gasteiger partial charge on any atom is 0.139 e. The Labute approximate surface area is 171 Å². The predicted molar refractivity (Wildman–Crippen MR) is 118 cm³/mol. The van der Waals surface area contributed by atoms with Crippen molar-refractivity contribution < 1.29 is 1.43 Å². The van der Waals surface area contributed by atoms with Crippen LogP contribution < -0.4 is 10.7 Å². The number of allylic oxidation sites excluding steroid dienone is 2. The third-order valence-electron chi connectivity index (χ3n) is 5.33. The van der Waals surface area contributed by atoms with Gasteiger partial charge in [-0.25, -0.2) is 15.0 Å². The number of nitrogens with one attached hydrogen (secondary N) is 1. The molecule has 5 nitrogen and oxygen atoms in total. The molecule has 0 unspecified atom stereocenters. The van der Waals surface area contributed by atoms with Crippen LogP contribution in [0.5, 0.6) is 0 Å². The predicted octanol–water partition coefficient (Wildman–Crippen LogP) is 4.39. The van der Waals surface area contributed by atoms with E-state index in [-0.39, 0.29) is 1.43 Å². The molecular formula is C22H29N5S. The van der Waals surface area contributed by atoms with Crippen LogP contribution in [0.4, 0.5) is 5.00 Å². The number of fused-ring (bicyclic) bond motifs is 1. The summed E-state index contributed by atoms with van der Waals surface area (Å²) < 4.78 is 0. The Kier molecular flexibility index (Phi) is 5.78. The zero-order valence-corrected chi connectivity index (χ0v) is 17.6. The Bertz CT molecular complexity index is 1000. The first-order valence-corrected chi connectivity index (χ1v) is 10.9. The fourth-order valence-electron chi connectivity index (χ4n) is 3.76. The number of piperidine rings is 1. The van der Waals surface area contributed by atoms with Gasteiger partial charge < -0.3 is 5.32 Å². The van der Waals surface area contributed by atoms with Gasteiger partial charge in [-0.05, 0) is 71.7 Å². The molecule has 2 aromatic rings. The van der Waals surface area contributed by atoms with Crippen molar-refractivity contribution in [1.82, 2.24) is 15.3 Å². The van der Waals surface area contributed by atoms with Gasteiger partial charge in [0.05, 0.1) is 33.2 Å². The zero-order valence-electron chi connectivity index (χ0n) is 16.8. The standard InChI is InChI=1S/C22H27N5S.H2/c1-4-17(25-18-7-5-6-14(2)24-15(18)3)19-8-9-20-22(26-19)28-21(27-20)16-10-12-23-13-11-16;/h4-7,16,23H,8-13H2,1-3H3;1H/b17-4-,25-18?;. The average molecular weight is 396 g/mol. The minimum Gasteiger partial charge on any atom is -0.317 e. The van der Waals surface area contributed by atoms with E-state index < -0.39 is 0 Å². The van der Waals surface area contributed by atoms with Crippen LogP contribution in [0.2, 0.25) is 0 Å². The Morgan fingerprint density at radius 2 is 2.04 bits per heavy atom. The van der Waals surface area contributed by atoms with E-state index in [9.17, 15) is 0 Å². The number of rotatable bonds is 3. The minimum absolute atomic E-state index is 0. The first-order chi connectivity index (χ1) is 13.6. The van der Waals surface area contributed by atoms with Crippen LogP contribution in [0.1, 0.15) is 55.6 Å². The second kappa shape index (κ2) is 8.45. The number of nitrogens with zero attached hydrogens (tertiary/aromatic N) is 4. The summed E-state index contributed by atoms with van der Waals surface area (Å²) in [5.41, 5.74) is 5.09. The van der Waals surface area contributed by atoms with Crippen LogP contribution in [-0.2, 0) is 6.42 Å². The molecule has 2 aliphatic rings. The van der Waals surface area contributed by atoms with E-state index >= 15 is 0 Å². The lowest BCUT2D eigenvalue weighted by atomic mass is 9.99. The second-order valence-corrected chi connectivity index (χ2v) is 8.43. The fraction of sp³-hybridized carbons (Fsp3) is 0.455. The van der Waals surface area contributed by atoms with Crippen LogP contribution in [-0.4, -0.2) is 28.8 Å². The molecule has 0 spiro atoms. The third-order valence-corrected chi connectivity index (χ3v) is 6.49. The molecule has 6 heteroatoms. The van der Waals surface area contributed by atoms with Crippen LogP contribution in [0.25, 0.3) is 0 Å². The molecule has 148 valence electrons. The smallest absolute Gasteiger partial charge is 0.139 e. The van der Waals surface area contributed by atoms with E-state index in [2.05, 4.69) is 16.4 Å². The minimum atomic E-state index is 0. The maximum atomic E-state index is 4.97. The van der Waals surface area contributed by atoms with Crippen molar-refractivity contribution in [2.45, 2.75) is 52.4 Å². The van der Waals surface area contributed by atoms with E-state index in [1.165, 1.54) is 17.8 Å². The lowest BCUT2D eigenvalue weighted by molar-refractivity contribution is 0.458. The molecule has 2 aliphatic heterocycles. The van der Waals surface area contributed by atoms with Crippen LogP contribution >= 0.6 is 11.3 Å². The highest BCUT2D eigenvalue weighted by Crippen LogP contribution is 2.38. The Balaban J connectivity index is 0.00000240. The SMILES string of the molecule is C/C=C(\N=c1cccc(C)nc1C)C1=Nc2sc(C3CCNCC3)nc2CC1.[HH]. The van der Waals surface area contributed by atoms with Gasteiger partial charge >= 0.3 is 0 Å². The van der Waals surface area contributed by atoms with E-state index in [1.54, 1.807) is 11.3 Å². The zero-order chi connectivity index (χ0) is 19.5. The molecule has 4 rings (SSSR count). The molecule has 0 bridgehead atoms. The van der Waals surface area contributed by atoms with Crippen molar-refractivity contribution in [3.8, 4) is 0 Å². The summed E-state index contributed by atoms with van der Waals surface area (Å²) in [5, 5.41) is 6.67. The molecule has 0 radical (unpaired) electrons. The topological polar surface area (TPSA) is 62.5 Å². The summed E-state index contributed by atoms with van der Waals surface area (Å²) in [4.78, 5) is 19.4. The van der Waals surface area contributed by atoms with Gasteiger partial charge in [0.25, 0.3) is 0 Å². The number of hydrogen-bond donors (Lipinski definition) is 1. The molecule has 0 amide bonds. The van der Waals surface area contributed by atoms with Crippen molar-refractivity contribution in [3.05, 3.63) is 57.4 Å². The molecule has 0 atom stereocenters. The molecule has 1 N–H and O–H groups in total. The summed E-state index contributed by atoms with van der Waals surface area (Å²) in [6.07, 6.45) is 6.24.